The molecule has 1 amide bonds. The molecule has 1 aromatic carbocycles. The molecule has 2 rings (SSSR count). The highest BCUT2D eigenvalue weighted by Gasteiger charge is 2.09. The lowest BCUT2D eigenvalue weighted by Crippen LogP contribution is -2.13. The van der Waals surface area contributed by atoms with Gasteiger partial charge in [0.15, 0.2) is 0 Å². The number of nitrogens with zero attached hydrogens (tertiary/aromatic N) is 1. The SMILES string of the molecule is Cc1cc(C(=O)Nc2ccc(Br)c(C)n2)ccc1O. The van der Waals surface area contributed by atoms with E-state index in [0.717, 1.165) is 10.2 Å². The summed E-state index contributed by atoms with van der Waals surface area (Å²) < 4.78 is 0.894. The molecule has 1 aromatic heterocycles. The topological polar surface area (TPSA) is 62.2 Å². The minimum Gasteiger partial charge on any atom is -0.508 e. The van der Waals surface area contributed by atoms with Crippen LogP contribution >= 0.6 is 15.9 Å². The summed E-state index contributed by atoms with van der Waals surface area (Å²) in [5, 5.41) is 12.2. The number of halogens is 1. The molecule has 0 spiro atoms. The van der Waals surface area contributed by atoms with E-state index in [2.05, 4.69) is 26.2 Å². The van der Waals surface area contributed by atoms with Gasteiger partial charge in [-0.05, 0) is 65.7 Å². The van der Waals surface area contributed by atoms with Gasteiger partial charge in [0.25, 0.3) is 5.91 Å². The predicted molar refractivity (Wildman–Crippen MR) is 77.5 cm³/mol. The van der Waals surface area contributed by atoms with Crippen LogP contribution in [-0.2, 0) is 0 Å². The van der Waals surface area contributed by atoms with Crippen molar-refractivity contribution >= 4 is 27.7 Å². The molecule has 2 aromatic rings. The smallest absolute Gasteiger partial charge is 0.256 e. The second-order valence-electron chi connectivity index (χ2n) is 4.22. The summed E-state index contributed by atoms with van der Waals surface area (Å²) in [5.41, 5.74) is 1.95. The van der Waals surface area contributed by atoms with Gasteiger partial charge in [0.2, 0.25) is 0 Å². The Hall–Kier alpha value is -1.88. The minimum atomic E-state index is -0.252. The van der Waals surface area contributed by atoms with Crippen LogP contribution in [0, 0.1) is 13.8 Å². The quantitative estimate of drug-likeness (QED) is 0.891. The Balaban J connectivity index is 2.20. The van der Waals surface area contributed by atoms with Crippen LogP contribution in [0.15, 0.2) is 34.8 Å². The second kappa shape index (κ2) is 5.40. The van der Waals surface area contributed by atoms with Gasteiger partial charge in [-0.3, -0.25) is 4.79 Å². The standard InChI is InChI=1S/C14H13BrN2O2/c1-8-7-10(3-5-12(8)18)14(19)17-13-6-4-11(15)9(2)16-13/h3-7,18H,1-2H3,(H,16,17,19). The monoisotopic (exact) mass is 320 g/mol. The number of hydrogen-bond acceptors (Lipinski definition) is 3. The van der Waals surface area contributed by atoms with Gasteiger partial charge in [0, 0.05) is 10.0 Å². The zero-order valence-electron chi connectivity index (χ0n) is 10.6. The van der Waals surface area contributed by atoms with Gasteiger partial charge in [0.1, 0.15) is 11.6 Å². The highest BCUT2D eigenvalue weighted by Crippen LogP contribution is 2.19. The summed E-state index contributed by atoms with van der Waals surface area (Å²) in [5.74, 6) is 0.419. The van der Waals surface area contributed by atoms with Crippen molar-refractivity contribution in [2.75, 3.05) is 5.32 Å². The molecule has 0 saturated carbocycles. The third-order valence-corrected chi connectivity index (χ3v) is 3.56. The predicted octanol–water partition coefficient (Wildman–Crippen LogP) is 3.42. The van der Waals surface area contributed by atoms with E-state index in [1.165, 1.54) is 6.07 Å². The van der Waals surface area contributed by atoms with Crippen LogP contribution in [0.5, 0.6) is 5.75 Å². The summed E-state index contributed by atoms with van der Waals surface area (Å²) in [4.78, 5) is 16.3. The number of anilines is 1. The summed E-state index contributed by atoms with van der Waals surface area (Å²) in [6, 6.07) is 8.27. The second-order valence-corrected chi connectivity index (χ2v) is 5.07. The third kappa shape index (κ3) is 3.12. The Kier molecular flexibility index (Phi) is 3.85. The summed E-state index contributed by atoms with van der Waals surface area (Å²) in [6.45, 7) is 3.60. The Morgan fingerprint density at radius 3 is 2.63 bits per heavy atom. The molecule has 0 radical (unpaired) electrons. The molecule has 0 fully saturated rings. The summed E-state index contributed by atoms with van der Waals surface area (Å²) in [7, 11) is 0. The molecule has 0 atom stereocenters. The number of carbonyl (C=O) groups is 1. The molecule has 5 heteroatoms. The van der Waals surface area contributed by atoms with E-state index >= 15 is 0 Å². The van der Waals surface area contributed by atoms with Gasteiger partial charge in [0.05, 0.1) is 5.69 Å². The lowest BCUT2D eigenvalue weighted by atomic mass is 10.1. The van der Waals surface area contributed by atoms with E-state index in [1.807, 2.05) is 13.0 Å². The van der Waals surface area contributed by atoms with Crippen molar-refractivity contribution < 1.29 is 9.90 Å². The first-order valence-electron chi connectivity index (χ1n) is 5.71. The van der Waals surface area contributed by atoms with Gasteiger partial charge >= 0.3 is 0 Å². The molecule has 0 aliphatic carbocycles. The average Bonchev–Trinajstić information content (AvgIpc) is 2.37. The highest BCUT2D eigenvalue weighted by atomic mass is 79.9. The molecule has 4 nitrogen and oxygen atoms in total. The van der Waals surface area contributed by atoms with Crippen molar-refractivity contribution in [3.63, 3.8) is 0 Å². The van der Waals surface area contributed by atoms with Gasteiger partial charge in [-0.25, -0.2) is 4.98 Å². The van der Waals surface area contributed by atoms with E-state index in [-0.39, 0.29) is 11.7 Å². The lowest BCUT2D eigenvalue weighted by Gasteiger charge is -2.07. The van der Waals surface area contributed by atoms with Crippen LogP contribution in [-0.4, -0.2) is 16.0 Å². The number of nitrogens with one attached hydrogen (secondary N) is 1. The molecule has 0 bridgehead atoms. The fourth-order valence-electron chi connectivity index (χ4n) is 1.60. The average molecular weight is 321 g/mol. The third-order valence-electron chi connectivity index (χ3n) is 2.72. The Bertz CT molecular complexity index is 641. The molecule has 0 unspecified atom stereocenters. The maximum atomic E-state index is 12.0. The van der Waals surface area contributed by atoms with Gasteiger partial charge in [-0.1, -0.05) is 0 Å². The summed E-state index contributed by atoms with van der Waals surface area (Å²) in [6.07, 6.45) is 0. The zero-order chi connectivity index (χ0) is 14.0. The number of hydrogen-bond donors (Lipinski definition) is 2. The number of aryl methyl sites for hydroxylation is 2. The number of carbonyl (C=O) groups excluding carboxylic acids is 1. The van der Waals surface area contributed by atoms with E-state index in [9.17, 15) is 9.90 Å². The minimum absolute atomic E-state index is 0.175. The number of rotatable bonds is 2. The van der Waals surface area contributed by atoms with Crippen LogP contribution in [0.1, 0.15) is 21.6 Å². The van der Waals surface area contributed by atoms with Crippen molar-refractivity contribution in [2.24, 2.45) is 0 Å². The number of phenolic OH excluding ortho intramolecular Hbond substituents is 1. The van der Waals surface area contributed by atoms with Crippen LogP contribution in [0.25, 0.3) is 0 Å². The van der Waals surface area contributed by atoms with E-state index in [4.69, 9.17) is 0 Å². The number of benzene rings is 1. The first-order chi connectivity index (χ1) is 8.97. The van der Waals surface area contributed by atoms with E-state index in [0.29, 0.717) is 16.9 Å². The molecular weight excluding hydrogens is 308 g/mol. The highest BCUT2D eigenvalue weighted by molar-refractivity contribution is 9.10. The Morgan fingerprint density at radius 1 is 1.26 bits per heavy atom. The number of phenols is 1. The lowest BCUT2D eigenvalue weighted by molar-refractivity contribution is 0.102. The Labute approximate surface area is 119 Å². The van der Waals surface area contributed by atoms with Crippen LogP contribution < -0.4 is 5.32 Å². The van der Waals surface area contributed by atoms with Crippen molar-refractivity contribution in [3.8, 4) is 5.75 Å². The summed E-state index contributed by atoms with van der Waals surface area (Å²) >= 11 is 3.36. The van der Waals surface area contributed by atoms with Crippen LogP contribution in [0.2, 0.25) is 0 Å². The Morgan fingerprint density at radius 2 is 2.00 bits per heavy atom. The fourth-order valence-corrected chi connectivity index (χ4v) is 1.82. The first-order valence-corrected chi connectivity index (χ1v) is 6.51. The van der Waals surface area contributed by atoms with E-state index < -0.39 is 0 Å². The molecule has 0 aliphatic rings. The normalized spacial score (nSPS) is 10.3. The number of pyridine rings is 1. The largest absolute Gasteiger partial charge is 0.508 e. The maximum absolute atomic E-state index is 12.0. The van der Waals surface area contributed by atoms with Crippen LogP contribution in [0.3, 0.4) is 0 Å². The number of amides is 1. The number of aromatic nitrogens is 1. The van der Waals surface area contributed by atoms with Crippen molar-refractivity contribution in [1.29, 1.82) is 0 Å². The molecular formula is C14H13BrN2O2. The fraction of sp³-hybridized carbons (Fsp3) is 0.143. The van der Waals surface area contributed by atoms with Gasteiger partial charge in [-0.2, -0.15) is 0 Å². The molecule has 98 valence electrons. The van der Waals surface area contributed by atoms with Gasteiger partial charge < -0.3 is 10.4 Å². The molecule has 1 heterocycles. The number of aromatic hydroxyl groups is 1. The molecule has 19 heavy (non-hydrogen) atoms. The molecule has 0 aliphatic heterocycles. The van der Waals surface area contributed by atoms with Gasteiger partial charge in [-0.15, -0.1) is 0 Å². The van der Waals surface area contributed by atoms with Crippen molar-refractivity contribution in [2.45, 2.75) is 13.8 Å². The van der Waals surface area contributed by atoms with Crippen molar-refractivity contribution in [3.05, 3.63) is 51.6 Å². The zero-order valence-corrected chi connectivity index (χ0v) is 12.2. The molecule has 0 saturated heterocycles. The molecule has 2 N–H and O–H groups in total. The van der Waals surface area contributed by atoms with Crippen LogP contribution in [0.4, 0.5) is 5.82 Å². The first kappa shape index (κ1) is 13.5. The maximum Gasteiger partial charge on any atom is 0.256 e. The van der Waals surface area contributed by atoms with E-state index in [1.54, 1.807) is 25.1 Å². The van der Waals surface area contributed by atoms with Crippen molar-refractivity contribution in [1.82, 2.24) is 4.98 Å².